The van der Waals surface area contributed by atoms with Crippen LogP contribution in [0.25, 0.3) is 11.0 Å². The summed E-state index contributed by atoms with van der Waals surface area (Å²) in [7, 11) is 0. The minimum absolute atomic E-state index is 0.766. The number of fused-ring (bicyclic) bond motifs is 1. The van der Waals surface area contributed by atoms with Gasteiger partial charge in [-0.25, -0.2) is 0 Å². The first-order valence-corrected chi connectivity index (χ1v) is 7.97. The van der Waals surface area contributed by atoms with Crippen molar-refractivity contribution in [1.82, 2.24) is 0 Å². The highest BCUT2D eigenvalue weighted by Crippen LogP contribution is 2.29. The van der Waals surface area contributed by atoms with E-state index in [1.54, 1.807) is 0 Å². The van der Waals surface area contributed by atoms with E-state index in [0.29, 0.717) is 0 Å². The van der Waals surface area contributed by atoms with Gasteiger partial charge in [0.15, 0.2) is 0 Å². The molecule has 108 valence electrons. The van der Waals surface area contributed by atoms with Gasteiger partial charge in [0, 0.05) is 34.1 Å². The van der Waals surface area contributed by atoms with Gasteiger partial charge in [0.1, 0.15) is 11.3 Å². The lowest BCUT2D eigenvalue weighted by Crippen LogP contribution is -2.02. The van der Waals surface area contributed by atoms with E-state index in [0.717, 1.165) is 34.5 Å². The van der Waals surface area contributed by atoms with E-state index in [1.165, 1.54) is 16.5 Å². The molecule has 0 aliphatic carbocycles. The topological polar surface area (TPSA) is 25.2 Å². The van der Waals surface area contributed by atoms with Crippen molar-refractivity contribution in [2.75, 3.05) is 5.32 Å². The van der Waals surface area contributed by atoms with Crippen molar-refractivity contribution < 1.29 is 4.42 Å². The maximum atomic E-state index is 5.94. The van der Waals surface area contributed by atoms with Gasteiger partial charge in [0.2, 0.25) is 0 Å². The van der Waals surface area contributed by atoms with Gasteiger partial charge in [-0.05, 0) is 46.6 Å². The monoisotopic (exact) mass is 343 g/mol. The molecule has 3 rings (SSSR count). The van der Waals surface area contributed by atoms with E-state index in [4.69, 9.17) is 4.42 Å². The molecule has 1 heterocycles. The minimum Gasteiger partial charge on any atom is -0.461 e. The molecule has 1 aromatic heterocycles. The van der Waals surface area contributed by atoms with Crippen LogP contribution >= 0.6 is 15.9 Å². The molecule has 0 fully saturated rings. The first-order chi connectivity index (χ1) is 10.2. The summed E-state index contributed by atoms with van der Waals surface area (Å²) in [6.45, 7) is 4.99. The lowest BCUT2D eigenvalue weighted by Gasteiger charge is -2.10. The Kier molecular flexibility index (Phi) is 4.02. The molecule has 2 aromatic carbocycles. The highest BCUT2D eigenvalue weighted by molar-refractivity contribution is 9.10. The average molecular weight is 344 g/mol. The molecule has 0 unspecified atom stereocenters. The summed E-state index contributed by atoms with van der Waals surface area (Å²) >= 11 is 3.59. The van der Waals surface area contributed by atoms with Gasteiger partial charge in [-0.2, -0.15) is 0 Å². The van der Waals surface area contributed by atoms with Gasteiger partial charge in [-0.15, -0.1) is 0 Å². The van der Waals surface area contributed by atoms with Crippen LogP contribution in [0.3, 0.4) is 0 Å². The third-order valence-corrected chi connectivity index (χ3v) is 4.37. The summed E-state index contributed by atoms with van der Waals surface area (Å²) < 4.78 is 7.02. The standard InChI is InChI=1S/C18H18BrNO/c1-3-17-14(13-6-4-5-7-18(13)21-17)11-20-16-10-12(2)8-9-15(16)19/h4-10,20H,3,11H2,1-2H3. The molecule has 0 aliphatic heterocycles. The number of hydrogen-bond donors (Lipinski definition) is 1. The Morgan fingerprint density at radius 2 is 1.95 bits per heavy atom. The first-order valence-electron chi connectivity index (χ1n) is 7.18. The van der Waals surface area contributed by atoms with Crippen molar-refractivity contribution in [1.29, 1.82) is 0 Å². The molecule has 3 heteroatoms. The summed E-state index contributed by atoms with van der Waals surface area (Å²) in [5.74, 6) is 1.06. The van der Waals surface area contributed by atoms with E-state index in [2.05, 4.69) is 65.4 Å². The van der Waals surface area contributed by atoms with Crippen molar-refractivity contribution in [3.05, 3.63) is 63.8 Å². The molecule has 0 saturated heterocycles. The van der Waals surface area contributed by atoms with Gasteiger partial charge in [0.05, 0.1) is 0 Å². The van der Waals surface area contributed by atoms with E-state index >= 15 is 0 Å². The molecule has 21 heavy (non-hydrogen) atoms. The lowest BCUT2D eigenvalue weighted by atomic mass is 10.1. The number of furan rings is 1. The number of anilines is 1. The maximum Gasteiger partial charge on any atom is 0.134 e. The second-order valence-electron chi connectivity index (χ2n) is 5.19. The van der Waals surface area contributed by atoms with Gasteiger partial charge < -0.3 is 9.73 Å². The number of hydrogen-bond acceptors (Lipinski definition) is 2. The summed E-state index contributed by atoms with van der Waals surface area (Å²) in [6, 6.07) is 14.5. The van der Waals surface area contributed by atoms with Crippen LogP contribution in [0.2, 0.25) is 0 Å². The van der Waals surface area contributed by atoms with Crippen LogP contribution < -0.4 is 5.32 Å². The molecule has 0 bridgehead atoms. The zero-order chi connectivity index (χ0) is 14.8. The van der Waals surface area contributed by atoms with Crippen LogP contribution in [0, 0.1) is 6.92 Å². The van der Waals surface area contributed by atoms with Crippen molar-refractivity contribution in [3.8, 4) is 0 Å². The maximum absolute atomic E-state index is 5.94. The smallest absolute Gasteiger partial charge is 0.134 e. The fourth-order valence-corrected chi connectivity index (χ4v) is 2.97. The van der Waals surface area contributed by atoms with Crippen molar-refractivity contribution in [2.24, 2.45) is 0 Å². The summed E-state index contributed by atoms with van der Waals surface area (Å²) in [4.78, 5) is 0. The normalized spacial score (nSPS) is 11.0. The Balaban J connectivity index is 1.93. The third-order valence-electron chi connectivity index (χ3n) is 3.68. The molecule has 0 atom stereocenters. The summed E-state index contributed by atoms with van der Waals surface area (Å²) in [5, 5.41) is 4.72. The number of rotatable bonds is 4. The second kappa shape index (κ2) is 5.94. The van der Waals surface area contributed by atoms with Crippen molar-refractivity contribution in [3.63, 3.8) is 0 Å². The number of halogens is 1. The van der Waals surface area contributed by atoms with E-state index < -0.39 is 0 Å². The van der Waals surface area contributed by atoms with Crippen molar-refractivity contribution >= 4 is 32.6 Å². The number of para-hydroxylation sites is 1. The van der Waals surface area contributed by atoms with Gasteiger partial charge in [-0.3, -0.25) is 0 Å². The lowest BCUT2D eigenvalue weighted by molar-refractivity contribution is 0.551. The Morgan fingerprint density at radius 1 is 1.14 bits per heavy atom. The largest absolute Gasteiger partial charge is 0.461 e. The molecule has 3 aromatic rings. The van der Waals surface area contributed by atoms with Gasteiger partial charge in [0.25, 0.3) is 0 Å². The predicted octanol–water partition coefficient (Wildman–Crippen LogP) is 5.68. The SMILES string of the molecule is CCc1oc2ccccc2c1CNc1cc(C)ccc1Br. The third kappa shape index (κ3) is 2.84. The highest BCUT2D eigenvalue weighted by Gasteiger charge is 2.12. The Hall–Kier alpha value is -1.74. The zero-order valence-electron chi connectivity index (χ0n) is 12.2. The van der Waals surface area contributed by atoms with Crippen LogP contribution in [0.4, 0.5) is 5.69 Å². The minimum atomic E-state index is 0.766. The zero-order valence-corrected chi connectivity index (χ0v) is 13.8. The molecule has 0 radical (unpaired) electrons. The number of benzene rings is 2. The van der Waals surface area contributed by atoms with Crippen LogP contribution in [-0.4, -0.2) is 0 Å². The molecule has 0 saturated carbocycles. The molecule has 2 nitrogen and oxygen atoms in total. The number of aryl methyl sites for hydroxylation is 2. The van der Waals surface area contributed by atoms with Crippen LogP contribution in [0.15, 0.2) is 51.4 Å². The Bertz CT molecular complexity index is 776. The molecule has 0 aliphatic rings. The fourth-order valence-electron chi connectivity index (χ4n) is 2.59. The predicted molar refractivity (Wildman–Crippen MR) is 91.8 cm³/mol. The fraction of sp³-hybridized carbons (Fsp3) is 0.222. The first kappa shape index (κ1) is 14.2. The molecule has 0 spiro atoms. The Morgan fingerprint density at radius 3 is 2.76 bits per heavy atom. The number of nitrogens with one attached hydrogen (secondary N) is 1. The quantitative estimate of drug-likeness (QED) is 0.659. The van der Waals surface area contributed by atoms with Crippen LogP contribution in [-0.2, 0) is 13.0 Å². The van der Waals surface area contributed by atoms with E-state index in [9.17, 15) is 0 Å². The molecular formula is C18H18BrNO. The van der Waals surface area contributed by atoms with Crippen molar-refractivity contribution in [2.45, 2.75) is 26.8 Å². The molecular weight excluding hydrogens is 326 g/mol. The van der Waals surface area contributed by atoms with E-state index in [-0.39, 0.29) is 0 Å². The second-order valence-corrected chi connectivity index (χ2v) is 6.04. The van der Waals surface area contributed by atoms with E-state index in [1.807, 2.05) is 12.1 Å². The summed E-state index contributed by atoms with van der Waals surface area (Å²) in [6.07, 6.45) is 0.903. The van der Waals surface area contributed by atoms with Crippen LogP contribution in [0.5, 0.6) is 0 Å². The highest BCUT2D eigenvalue weighted by atomic mass is 79.9. The molecule has 0 amide bonds. The van der Waals surface area contributed by atoms with Gasteiger partial charge in [-0.1, -0.05) is 31.2 Å². The van der Waals surface area contributed by atoms with Crippen LogP contribution in [0.1, 0.15) is 23.8 Å². The van der Waals surface area contributed by atoms with Gasteiger partial charge >= 0.3 is 0 Å². The molecule has 1 N–H and O–H groups in total. The Labute approximate surface area is 133 Å². The average Bonchev–Trinajstić information content (AvgIpc) is 2.86. The summed E-state index contributed by atoms with van der Waals surface area (Å²) in [5.41, 5.74) is 4.58.